The van der Waals surface area contributed by atoms with E-state index in [0.717, 1.165) is 5.56 Å². The molecule has 0 atom stereocenters. The topological polar surface area (TPSA) is 93.2 Å². The number of hydrogen-bond donors (Lipinski definition) is 2. The smallest absolute Gasteiger partial charge is 0.261 e. The third kappa shape index (κ3) is 4.88. The largest absolute Gasteiger partial charge is 0.437 e. The van der Waals surface area contributed by atoms with Crippen molar-refractivity contribution in [2.24, 2.45) is 0 Å². The van der Waals surface area contributed by atoms with Gasteiger partial charge in [-0.1, -0.05) is 12.1 Å². The van der Waals surface area contributed by atoms with Crippen LogP contribution in [0.25, 0.3) is 0 Å². The SMILES string of the molecule is CNC(=O)Cc1cccc(NC(=O)c2cccnc2Oc2cccnc2)c1. The predicted octanol–water partition coefficient (Wildman–Crippen LogP) is 2.81. The molecular formula is C20H18N4O3. The van der Waals surface area contributed by atoms with Crippen molar-refractivity contribution in [2.45, 2.75) is 6.42 Å². The number of nitrogens with zero attached hydrogens (tertiary/aromatic N) is 2. The van der Waals surface area contributed by atoms with Crippen molar-refractivity contribution in [2.75, 3.05) is 12.4 Å². The van der Waals surface area contributed by atoms with Crippen LogP contribution in [0.1, 0.15) is 15.9 Å². The molecule has 136 valence electrons. The van der Waals surface area contributed by atoms with E-state index in [4.69, 9.17) is 4.74 Å². The van der Waals surface area contributed by atoms with E-state index in [1.54, 1.807) is 68.1 Å². The third-order valence-electron chi connectivity index (χ3n) is 3.69. The first-order valence-corrected chi connectivity index (χ1v) is 8.29. The number of likely N-dealkylation sites (N-methyl/N-ethyl adjacent to an activating group) is 1. The summed E-state index contributed by atoms with van der Waals surface area (Å²) in [6.07, 6.45) is 4.96. The molecule has 0 fully saturated rings. The van der Waals surface area contributed by atoms with E-state index < -0.39 is 0 Å². The van der Waals surface area contributed by atoms with Crippen LogP contribution < -0.4 is 15.4 Å². The molecule has 7 heteroatoms. The fourth-order valence-electron chi connectivity index (χ4n) is 2.40. The quantitative estimate of drug-likeness (QED) is 0.703. The minimum absolute atomic E-state index is 0.0992. The summed E-state index contributed by atoms with van der Waals surface area (Å²) in [6, 6.07) is 13.9. The second-order valence-electron chi connectivity index (χ2n) is 5.65. The molecule has 2 heterocycles. The minimum Gasteiger partial charge on any atom is -0.437 e. The summed E-state index contributed by atoms with van der Waals surface area (Å²) in [6.45, 7) is 0. The number of benzene rings is 1. The molecule has 0 aliphatic heterocycles. The molecule has 3 aromatic rings. The maximum atomic E-state index is 12.7. The Hall–Kier alpha value is -3.74. The molecule has 3 rings (SSSR count). The lowest BCUT2D eigenvalue weighted by molar-refractivity contribution is -0.119. The first-order valence-electron chi connectivity index (χ1n) is 8.29. The first-order chi connectivity index (χ1) is 13.2. The summed E-state index contributed by atoms with van der Waals surface area (Å²) < 4.78 is 5.67. The number of hydrogen-bond acceptors (Lipinski definition) is 5. The Morgan fingerprint density at radius 3 is 2.70 bits per heavy atom. The van der Waals surface area contributed by atoms with Crippen molar-refractivity contribution in [3.05, 3.63) is 78.2 Å². The van der Waals surface area contributed by atoms with Gasteiger partial charge in [-0.15, -0.1) is 0 Å². The van der Waals surface area contributed by atoms with Crippen molar-refractivity contribution in [3.8, 4) is 11.6 Å². The van der Waals surface area contributed by atoms with Crippen molar-refractivity contribution in [1.82, 2.24) is 15.3 Å². The Bertz CT molecular complexity index is 945. The zero-order chi connectivity index (χ0) is 19.1. The highest BCUT2D eigenvalue weighted by Crippen LogP contribution is 2.23. The number of nitrogens with one attached hydrogen (secondary N) is 2. The molecule has 2 aromatic heterocycles. The van der Waals surface area contributed by atoms with Crippen LogP contribution in [0.4, 0.5) is 5.69 Å². The molecule has 27 heavy (non-hydrogen) atoms. The molecule has 0 aliphatic rings. The summed E-state index contributed by atoms with van der Waals surface area (Å²) in [5, 5.41) is 5.38. The Morgan fingerprint density at radius 1 is 1.07 bits per heavy atom. The Morgan fingerprint density at radius 2 is 1.93 bits per heavy atom. The molecule has 2 amide bonds. The number of anilines is 1. The van der Waals surface area contributed by atoms with Crippen LogP contribution in [0.2, 0.25) is 0 Å². The lowest BCUT2D eigenvalue weighted by Crippen LogP contribution is -2.20. The maximum absolute atomic E-state index is 12.7. The molecule has 2 N–H and O–H groups in total. The number of pyridine rings is 2. The average Bonchev–Trinajstić information content (AvgIpc) is 2.69. The van der Waals surface area contributed by atoms with Gasteiger partial charge in [0.15, 0.2) is 0 Å². The maximum Gasteiger partial charge on any atom is 0.261 e. The van der Waals surface area contributed by atoms with Crippen molar-refractivity contribution < 1.29 is 14.3 Å². The van der Waals surface area contributed by atoms with Gasteiger partial charge in [0.05, 0.1) is 12.6 Å². The molecule has 0 aliphatic carbocycles. The number of aromatic nitrogens is 2. The summed E-state index contributed by atoms with van der Waals surface area (Å²) >= 11 is 0. The van der Waals surface area contributed by atoms with Gasteiger partial charge < -0.3 is 15.4 Å². The van der Waals surface area contributed by atoms with Crippen LogP contribution in [-0.4, -0.2) is 28.8 Å². The fourth-order valence-corrected chi connectivity index (χ4v) is 2.40. The van der Waals surface area contributed by atoms with Gasteiger partial charge in [0, 0.05) is 25.1 Å². The van der Waals surface area contributed by atoms with Crippen molar-refractivity contribution in [3.63, 3.8) is 0 Å². The molecule has 0 spiro atoms. The van der Waals surface area contributed by atoms with Crippen LogP contribution in [0.3, 0.4) is 0 Å². The van der Waals surface area contributed by atoms with E-state index in [9.17, 15) is 9.59 Å². The van der Waals surface area contributed by atoms with E-state index in [1.165, 1.54) is 0 Å². The summed E-state index contributed by atoms with van der Waals surface area (Å²) in [5.74, 6) is 0.208. The summed E-state index contributed by atoms with van der Waals surface area (Å²) in [4.78, 5) is 32.3. The minimum atomic E-state index is -0.362. The van der Waals surface area contributed by atoms with Crippen molar-refractivity contribution >= 4 is 17.5 Å². The molecule has 0 saturated heterocycles. The van der Waals surface area contributed by atoms with E-state index in [1.807, 2.05) is 6.07 Å². The second-order valence-corrected chi connectivity index (χ2v) is 5.65. The van der Waals surface area contributed by atoms with Gasteiger partial charge in [0.1, 0.15) is 11.3 Å². The lowest BCUT2D eigenvalue weighted by atomic mass is 10.1. The van der Waals surface area contributed by atoms with Gasteiger partial charge in [-0.2, -0.15) is 0 Å². The van der Waals surface area contributed by atoms with E-state index in [0.29, 0.717) is 11.4 Å². The number of carbonyl (C=O) groups excluding carboxylic acids is 2. The van der Waals surface area contributed by atoms with E-state index >= 15 is 0 Å². The number of ether oxygens (including phenoxy) is 1. The molecule has 0 radical (unpaired) electrons. The zero-order valence-corrected chi connectivity index (χ0v) is 14.7. The Balaban J connectivity index is 1.77. The van der Waals surface area contributed by atoms with Crippen molar-refractivity contribution in [1.29, 1.82) is 0 Å². The normalized spacial score (nSPS) is 10.1. The average molecular weight is 362 g/mol. The van der Waals surface area contributed by atoms with Gasteiger partial charge in [0.2, 0.25) is 11.8 Å². The van der Waals surface area contributed by atoms with Crippen LogP contribution in [-0.2, 0) is 11.2 Å². The molecule has 0 unspecified atom stereocenters. The Kier molecular flexibility index (Phi) is 5.73. The highest BCUT2D eigenvalue weighted by Gasteiger charge is 2.15. The number of rotatable bonds is 6. The van der Waals surface area contributed by atoms with Crippen LogP contribution in [0.5, 0.6) is 11.6 Å². The Labute approximate surface area is 156 Å². The number of carbonyl (C=O) groups is 2. The molecule has 1 aromatic carbocycles. The standard InChI is InChI=1S/C20H18N4O3/c1-21-18(25)12-14-5-2-6-15(11-14)24-19(26)17-8-4-10-23-20(17)27-16-7-3-9-22-13-16/h2-11,13H,12H2,1H3,(H,21,25)(H,24,26). The lowest BCUT2D eigenvalue weighted by Gasteiger charge is -2.11. The van der Waals surface area contributed by atoms with Gasteiger partial charge in [-0.3, -0.25) is 14.6 Å². The van der Waals surface area contributed by atoms with Crippen LogP contribution in [0, 0.1) is 0 Å². The summed E-state index contributed by atoms with van der Waals surface area (Å²) in [5.41, 5.74) is 1.67. The highest BCUT2D eigenvalue weighted by molar-refractivity contribution is 6.05. The predicted molar refractivity (Wildman–Crippen MR) is 101 cm³/mol. The van der Waals surface area contributed by atoms with E-state index in [2.05, 4.69) is 20.6 Å². The van der Waals surface area contributed by atoms with Gasteiger partial charge in [0.25, 0.3) is 5.91 Å². The molecule has 7 nitrogen and oxygen atoms in total. The molecular weight excluding hydrogens is 344 g/mol. The zero-order valence-electron chi connectivity index (χ0n) is 14.7. The first kappa shape index (κ1) is 18.1. The highest BCUT2D eigenvalue weighted by atomic mass is 16.5. The summed E-state index contributed by atoms with van der Waals surface area (Å²) in [7, 11) is 1.58. The molecule has 0 saturated carbocycles. The molecule has 0 bridgehead atoms. The van der Waals surface area contributed by atoms with Gasteiger partial charge in [-0.25, -0.2) is 4.98 Å². The fraction of sp³-hybridized carbons (Fsp3) is 0.100. The van der Waals surface area contributed by atoms with Crippen LogP contribution >= 0.6 is 0 Å². The van der Waals surface area contributed by atoms with E-state index in [-0.39, 0.29) is 29.7 Å². The van der Waals surface area contributed by atoms with Crippen LogP contribution in [0.15, 0.2) is 67.1 Å². The number of amides is 2. The van der Waals surface area contributed by atoms with Gasteiger partial charge >= 0.3 is 0 Å². The third-order valence-corrected chi connectivity index (χ3v) is 3.69. The van der Waals surface area contributed by atoms with Gasteiger partial charge in [-0.05, 0) is 42.0 Å². The second kappa shape index (κ2) is 8.57. The monoisotopic (exact) mass is 362 g/mol.